The number of methoxy groups -OCH3 is 1. The van der Waals surface area contributed by atoms with Crippen molar-refractivity contribution in [1.82, 2.24) is 39.5 Å². The van der Waals surface area contributed by atoms with Crippen LogP contribution in [0.2, 0.25) is 0 Å². The molecule has 2 amide bonds. The molecule has 3 aromatic rings. The van der Waals surface area contributed by atoms with Gasteiger partial charge >= 0.3 is 17.7 Å². The Balaban J connectivity index is 1.39. The number of imidazole rings is 1. The third kappa shape index (κ3) is 8.76. The molecular formula is C34H49N9O6. The maximum Gasteiger partial charge on any atom is 0.329 e. The minimum Gasteiger partial charge on any atom is -0.469 e. The molecule has 2 aromatic heterocycles. The smallest absolute Gasteiger partial charge is 0.329 e. The average molecular weight is 680 g/mol. The predicted molar refractivity (Wildman–Crippen MR) is 184 cm³/mol. The number of nitrogens with zero attached hydrogens (tertiary/aromatic N) is 6. The van der Waals surface area contributed by atoms with Gasteiger partial charge in [-0.3, -0.25) is 28.8 Å². The zero-order valence-corrected chi connectivity index (χ0v) is 28.8. The van der Waals surface area contributed by atoms with E-state index in [1.54, 1.807) is 0 Å². The van der Waals surface area contributed by atoms with Crippen molar-refractivity contribution >= 4 is 34.8 Å². The van der Waals surface area contributed by atoms with Crippen molar-refractivity contribution in [3.63, 3.8) is 0 Å². The number of nitrogens with two attached hydrogens (primary N) is 1. The highest BCUT2D eigenvalue weighted by molar-refractivity contribution is 5.83. The van der Waals surface area contributed by atoms with Gasteiger partial charge in [0.05, 0.1) is 32.7 Å². The van der Waals surface area contributed by atoms with Crippen LogP contribution in [0, 0.1) is 0 Å². The van der Waals surface area contributed by atoms with Crippen molar-refractivity contribution in [2.24, 2.45) is 0 Å². The van der Waals surface area contributed by atoms with Crippen molar-refractivity contribution in [3.05, 3.63) is 45.9 Å². The van der Waals surface area contributed by atoms with Crippen LogP contribution in [0.3, 0.4) is 0 Å². The van der Waals surface area contributed by atoms with E-state index in [4.69, 9.17) is 15.2 Å². The van der Waals surface area contributed by atoms with Gasteiger partial charge in [-0.2, -0.15) is 9.97 Å². The van der Waals surface area contributed by atoms with Crippen LogP contribution < -0.4 is 21.5 Å². The number of amides is 2. The van der Waals surface area contributed by atoms with Gasteiger partial charge in [0.1, 0.15) is 11.7 Å². The van der Waals surface area contributed by atoms with Gasteiger partial charge in [0.15, 0.2) is 11.5 Å². The first-order chi connectivity index (χ1) is 23.7. The van der Waals surface area contributed by atoms with Gasteiger partial charge in [0.25, 0.3) is 0 Å². The maximum atomic E-state index is 13.8. The van der Waals surface area contributed by atoms with Gasteiger partial charge in [0.2, 0.25) is 11.8 Å². The molecule has 0 saturated carbocycles. The minimum atomic E-state index is -0.617. The second-order valence-electron chi connectivity index (χ2n) is 12.7. The number of anilines is 1. The number of aromatic amines is 1. The zero-order valence-electron chi connectivity index (χ0n) is 28.8. The topological polar surface area (TPSA) is 181 Å². The summed E-state index contributed by atoms with van der Waals surface area (Å²) in [6.45, 7) is 7.70. The number of hydrogen-bond donors (Lipinski definition) is 3. The minimum absolute atomic E-state index is 0.0158. The lowest BCUT2D eigenvalue weighted by molar-refractivity contribution is -0.139. The largest absolute Gasteiger partial charge is 0.469 e. The Kier molecular flexibility index (Phi) is 12.2. The van der Waals surface area contributed by atoms with Crippen LogP contribution in [0.4, 0.5) is 5.82 Å². The van der Waals surface area contributed by atoms with Crippen LogP contribution in [-0.4, -0.2) is 111 Å². The van der Waals surface area contributed by atoms with Crippen LogP contribution in [0.1, 0.15) is 69.7 Å². The molecule has 266 valence electrons. The molecule has 15 heteroatoms. The van der Waals surface area contributed by atoms with E-state index in [-0.39, 0.29) is 42.6 Å². The second kappa shape index (κ2) is 16.7. The van der Waals surface area contributed by atoms with Crippen LogP contribution in [0.5, 0.6) is 6.01 Å². The Bertz CT molecular complexity index is 1650. The number of H-pyrrole nitrogens is 1. The quantitative estimate of drug-likeness (QED) is 0.158. The number of ether oxygens (including phenoxy) is 2. The number of rotatable bonds is 15. The summed E-state index contributed by atoms with van der Waals surface area (Å²) in [5.41, 5.74) is 8.17. The molecule has 1 aromatic carbocycles. The molecule has 49 heavy (non-hydrogen) atoms. The molecule has 0 spiro atoms. The number of nitrogen functional groups attached to an aromatic ring is 1. The van der Waals surface area contributed by atoms with E-state index in [1.807, 2.05) is 41.0 Å². The summed E-state index contributed by atoms with van der Waals surface area (Å²) in [7, 11) is 1.36. The van der Waals surface area contributed by atoms with E-state index in [0.717, 1.165) is 56.3 Å². The van der Waals surface area contributed by atoms with E-state index in [1.165, 1.54) is 11.7 Å². The fourth-order valence-electron chi connectivity index (χ4n) is 6.50. The molecule has 2 atom stereocenters. The Morgan fingerprint density at radius 1 is 1.04 bits per heavy atom. The molecule has 4 N–H and O–H groups in total. The second-order valence-corrected chi connectivity index (χ2v) is 12.7. The summed E-state index contributed by atoms with van der Waals surface area (Å²) >= 11 is 0. The van der Waals surface area contributed by atoms with Crippen molar-refractivity contribution in [2.45, 2.75) is 77.5 Å². The maximum absolute atomic E-state index is 13.8. The molecule has 2 aliphatic heterocycles. The lowest BCUT2D eigenvalue weighted by Crippen LogP contribution is -2.59. The molecule has 5 rings (SSSR count). The van der Waals surface area contributed by atoms with Crippen molar-refractivity contribution in [2.75, 3.05) is 58.7 Å². The van der Waals surface area contributed by atoms with Gasteiger partial charge in [-0.05, 0) is 36.8 Å². The van der Waals surface area contributed by atoms with Crippen LogP contribution >= 0.6 is 0 Å². The zero-order chi connectivity index (χ0) is 34.9. The highest BCUT2D eigenvalue weighted by atomic mass is 16.5. The fourth-order valence-corrected chi connectivity index (χ4v) is 6.50. The van der Waals surface area contributed by atoms with Crippen molar-refractivity contribution < 1.29 is 23.9 Å². The van der Waals surface area contributed by atoms with E-state index < -0.39 is 17.9 Å². The van der Waals surface area contributed by atoms with Crippen molar-refractivity contribution in [3.8, 4) is 6.01 Å². The van der Waals surface area contributed by atoms with Crippen LogP contribution in [0.25, 0.3) is 11.2 Å². The third-order valence-electron chi connectivity index (χ3n) is 9.27. The number of esters is 1. The number of carbonyl (C=O) groups excluding carboxylic acids is 3. The number of aromatic nitrogens is 4. The molecule has 15 nitrogen and oxygen atoms in total. The lowest BCUT2D eigenvalue weighted by Gasteiger charge is -2.44. The monoisotopic (exact) mass is 679 g/mol. The van der Waals surface area contributed by atoms with Crippen LogP contribution in [0.15, 0.2) is 29.1 Å². The van der Waals surface area contributed by atoms with E-state index in [0.29, 0.717) is 50.4 Å². The summed E-state index contributed by atoms with van der Waals surface area (Å²) in [5.74, 6) is -0.317. The Hall–Kier alpha value is -4.50. The van der Waals surface area contributed by atoms with Gasteiger partial charge in [-0.25, -0.2) is 4.79 Å². The third-order valence-corrected chi connectivity index (χ3v) is 9.27. The first-order valence-corrected chi connectivity index (χ1v) is 17.3. The molecule has 0 radical (unpaired) electrons. The molecule has 2 saturated heterocycles. The number of piperazine rings is 1. The normalized spacial score (nSPS) is 17.7. The number of likely N-dealkylation sites (tertiary alicyclic amines) is 1. The Morgan fingerprint density at radius 3 is 2.47 bits per heavy atom. The molecular weight excluding hydrogens is 630 g/mol. The van der Waals surface area contributed by atoms with Gasteiger partial charge in [-0.15, -0.1) is 0 Å². The Morgan fingerprint density at radius 2 is 1.78 bits per heavy atom. The van der Waals surface area contributed by atoms with Gasteiger partial charge < -0.3 is 30.4 Å². The molecule has 0 aliphatic carbocycles. The number of benzene rings is 1. The summed E-state index contributed by atoms with van der Waals surface area (Å²) in [6.07, 6.45) is 4.65. The lowest BCUT2D eigenvalue weighted by atomic mass is 10.1. The highest BCUT2D eigenvalue weighted by Gasteiger charge is 2.38. The van der Waals surface area contributed by atoms with Gasteiger partial charge in [-0.1, -0.05) is 51.0 Å². The van der Waals surface area contributed by atoms with E-state index in [9.17, 15) is 19.2 Å². The number of hydrogen-bond acceptors (Lipinski definition) is 11. The summed E-state index contributed by atoms with van der Waals surface area (Å²) in [6, 6.07) is 7.10. The Labute approximate surface area is 286 Å². The highest BCUT2D eigenvalue weighted by Crippen LogP contribution is 2.27. The first kappa shape index (κ1) is 35.8. The van der Waals surface area contributed by atoms with Crippen LogP contribution in [-0.2, 0) is 32.1 Å². The summed E-state index contributed by atoms with van der Waals surface area (Å²) in [5, 5.41) is 3.09. The average Bonchev–Trinajstić information content (AvgIpc) is 3.76. The fraction of sp³-hybridized carbons (Fsp3) is 0.588. The van der Waals surface area contributed by atoms with E-state index in [2.05, 4.69) is 32.1 Å². The van der Waals surface area contributed by atoms with Crippen molar-refractivity contribution in [1.29, 1.82) is 0 Å². The van der Waals surface area contributed by atoms with E-state index >= 15 is 0 Å². The standard InChI is InChI=1S/C34H49N9O6/c1-4-6-18-49-33-38-30(35)29-31(39-33)43(34(47)37-29)26-21-41(16-17-42(26)22-27(44)40-14-7-8-15-40)25(9-5-2)32(46)36-20-24-12-10-23(11-13-24)19-28(45)48-3/h10-13,25-26H,4-9,14-22H2,1-3H3,(H,36,46)(H,37,47)(H2,35,38,39). The summed E-state index contributed by atoms with van der Waals surface area (Å²) in [4.78, 5) is 70.0. The number of unbranched alkanes of at least 4 members (excludes halogenated alkanes) is 1. The van der Waals surface area contributed by atoms with Gasteiger partial charge in [0, 0.05) is 39.3 Å². The molecule has 2 fully saturated rings. The number of fused-ring (bicyclic) bond motifs is 1. The molecule has 2 unspecified atom stereocenters. The molecule has 0 bridgehead atoms. The SMILES string of the molecule is CCCCOc1nc(N)c2[nH]c(=O)n(C3CN(C(CCC)C(=O)NCc4ccc(CC(=O)OC)cc4)CCN3CC(=O)N3CCCC3)c2n1. The first-order valence-electron chi connectivity index (χ1n) is 17.3. The number of carbonyl (C=O) groups is 3. The number of nitrogens with one attached hydrogen (secondary N) is 2. The summed E-state index contributed by atoms with van der Waals surface area (Å²) < 4.78 is 12.0. The molecule has 2 aliphatic rings. The molecule has 4 heterocycles. The predicted octanol–water partition coefficient (Wildman–Crippen LogP) is 1.82.